The van der Waals surface area contributed by atoms with Crippen molar-refractivity contribution >= 4 is 15.9 Å². The Hall–Kier alpha value is -2.38. The molecule has 0 saturated carbocycles. The van der Waals surface area contributed by atoms with Crippen molar-refractivity contribution in [1.29, 1.82) is 0 Å². The Labute approximate surface area is 178 Å². The molecule has 1 fully saturated rings. The van der Waals surface area contributed by atoms with Gasteiger partial charge in [0.1, 0.15) is 5.75 Å². The first-order valence-corrected chi connectivity index (χ1v) is 12.0. The maximum Gasteiger partial charge on any atom is 0.255 e. The van der Waals surface area contributed by atoms with Crippen LogP contribution in [-0.4, -0.2) is 38.8 Å². The number of methoxy groups -OCH3 is 1. The number of fused-ring (bicyclic) bond motifs is 1. The summed E-state index contributed by atoms with van der Waals surface area (Å²) in [7, 11) is -2.14. The second-order valence-corrected chi connectivity index (χ2v) is 9.88. The fourth-order valence-corrected chi connectivity index (χ4v) is 5.96. The zero-order valence-electron chi connectivity index (χ0n) is 17.3. The van der Waals surface area contributed by atoms with Gasteiger partial charge in [-0.15, -0.1) is 0 Å². The Kier molecular flexibility index (Phi) is 6.11. The Balaban J connectivity index is 1.62. The van der Waals surface area contributed by atoms with Crippen LogP contribution in [0.5, 0.6) is 5.75 Å². The third kappa shape index (κ3) is 4.09. The average Bonchev–Trinajstić information content (AvgIpc) is 2.79. The molecule has 0 radical (unpaired) electrons. The van der Waals surface area contributed by atoms with Crippen molar-refractivity contribution < 1.29 is 17.9 Å². The number of piperidine rings is 1. The number of ether oxygens (including phenoxy) is 1. The molecule has 4 rings (SSSR count). The molecule has 1 atom stereocenters. The summed E-state index contributed by atoms with van der Waals surface area (Å²) in [4.78, 5) is 13.3. The summed E-state index contributed by atoms with van der Waals surface area (Å²) in [5, 5.41) is 3.10. The molecule has 7 heteroatoms. The summed E-state index contributed by atoms with van der Waals surface area (Å²) in [6.07, 6.45) is 5.65. The van der Waals surface area contributed by atoms with Gasteiger partial charge in [-0.2, -0.15) is 4.31 Å². The molecule has 30 heavy (non-hydrogen) atoms. The van der Waals surface area contributed by atoms with Gasteiger partial charge < -0.3 is 10.1 Å². The molecule has 0 spiro atoms. The van der Waals surface area contributed by atoms with E-state index in [9.17, 15) is 13.2 Å². The van der Waals surface area contributed by atoms with E-state index < -0.39 is 10.0 Å². The monoisotopic (exact) mass is 428 g/mol. The van der Waals surface area contributed by atoms with Crippen LogP contribution in [0, 0.1) is 0 Å². The van der Waals surface area contributed by atoms with Crippen molar-refractivity contribution in [2.45, 2.75) is 49.5 Å². The highest BCUT2D eigenvalue weighted by atomic mass is 32.2. The van der Waals surface area contributed by atoms with Gasteiger partial charge in [0.25, 0.3) is 5.91 Å². The van der Waals surface area contributed by atoms with Gasteiger partial charge in [0.2, 0.25) is 10.0 Å². The number of amides is 1. The van der Waals surface area contributed by atoms with E-state index in [1.54, 1.807) is 6.07 Å². The number of carbonyl (C=O) groups is 1. The normalized spacial score (nSPS) is 19.7. The first-order valence-electron chi connectivity index (χ1n) is 10.6. The Morgan fingerprint density at radius 1 is 1.07 bits per heavy atom. The zero-order valence-corrected chi connectivity index (χ0v) is 18.1. The van der Waals surface area contributed by atoms with Crippen LogP contribution in [0.25, 0.3) is 0 Å². The second kappa shape index (κ2) is 8.78. The van der Waals surface area contributed by atoms with Crippen LogP contribution in [0.3, 0.4) is 0 Å². The van der Waals surface area contributed by atoms with Crippen molar-refractivity contribution in [3.05, 3.63) is 59.2 Å². The summed E-state index contributed by atoms with van der Waals surface area (Å²) < 4.78 is 33.0. The Bertz CT molecular complexity index is 1030. The van der Waals surface area contributed by atoms with Crippen molar-refractivity contribution in [3.63, 3.8) is 0 Å². The number of benzene rings is 2. The highest BCUT2D eigenvalue weighted by molar-refractivity contribution is 7.89. The van der Waals surface area contributed by atoms with Crippen LogP contribution >= 0.6 is 0 Å². The fraction of sp³-hybridized carbons (Fsp3) is 0.435. The summed E-state index contributed by atoms with van der Waals surface area (Å²) in [6.45, 7) is 1.05. The van der Waals surface area contributed by atoms with E-state index in [2.05, 4.69) is 11.4 Å². The smallest absolute Gasteiger partial charge is 0.255 e. The highest BCUT2D eigenvalue weighted by Gasteiger charge is 2.29. The predicted molar refractivity (Wildman–Crippen MR) is 115 cm³/mol. The van der Waals surface area contributed by atoms with E-state index in [0.29, 0.717) is 18.8 Å². The third-order valence-electron chi connectivity index (χ3n) is 6.04. The van der Waals surface area contributed by atoms with Crippen LogP contribution in [0.4, 0.5) is 0 Å². The molecular weight excluding hydrogens is 400 g/mol. The maximum absolute atomic E-state index is 13.2. The molecule has 0 aromatic heterocycles. The number of rotatable bonds is 5. The van der Waals surface area contributed by atoms with Crippen LogP contribution in [-0.2, 0) is 16.4 Å². The SMILES string of the molecule is COc1ccc(S(=O)(=O)N2CCCCC2)cc1C(=O)NC1CCCc2ccccc21. The minimum absolute atomic E-state index is 0.0884. The van der Waals surface area contributed by atoms with Gasteiger partial charge >= 0.3 is 0 Å². The number of carbonyl (C=O) groups excluding carboxylic acids is 1. The van der Waals surface area contributed by atoms with Crippen molar-refractivity contribution in [2.75, 3.05) is 20.2 Å². The van der Waals surface area contributed by atoms with Gasteiger partial charge in [-0.25, -0.2) is 8.42 Å². The first-order chi connectivity index (χ1) is 14.5. The minimum Gasteiger partial charge on any atom is -0.496 e. The minimum atomic E-state index is -3.63. The van der Waals surface area contributed by atoms with Crippen LogP contribution in [0.2, 0.25) is 0 Å². The predicted octanol–water partition coefficient (Wildman–Crippen LogP) is 3.68. The third-order valence-corrected chi connectivity index (χ3v) is 7.94. The standard InChI is InChI=1S/C23H28N2O4S/c1-29-22-13-12-18(30(27,28)25-14-5-2-6-15-25)16-20(22)23(26)24-21-11-7-9-17-8-3-4-10-19(17)21/h3-4,8,10,12-13,16,21H,2,5-7,9,11,14-15H2,1H3,(H,24,26). The summed E-state index contributed by atoms with van der Waals surface area (Å²) in [5.41, 5.74) is 2.63. The van der Waals surface area contributed by atoms with Gasteiger partial charge in [-0.1, -0.05) is 30.7 Å². The lowest BCUT2D eigenvalue weighted by molar-refractivity contribution is 0.0929. The Morgan fingerprint density at radius 2 is 1.83 bits per heavy atom. The summed E-state index contributed by atoms with van der Waals surface area (Å²) in [6, 6.07) is 12.6. The molecule has 1 saturated heterocycles. The van der Waals surface area contributed by atoms with Crippen LogP contribution in [0.1, 0.15) is 59.6 Å². The molecular formula is C23H28N2O4S. The fourth-order valence-electron chi connectivity index (χ4n) is 4.42. The van der Waals surface area contributed by atoms with Gasteiger partial charge in [0.05, 0.1) is 23.6 Å². The van der Waals surface area contributed by atoms with Crippen molar-refractivity contribution in [2.24, 2.45) is 0 Å². The van der Waals surface area contributed by atoms with Crippen LogP contribution < -0.4 is 10.1 Å². The first kappa shape index (κ1) is 20.9. The molecule has 1 aliphatic carbocycles. The van der Waals surface area contributed by atoms with Crippen molar-refractivity contribution in [1.82, 2.24) is 9.62 Å². The van der Waals surface area contributed by atoms with E-state index in [1.165, 1.54) is 29.1 Å². The average molecular weight is 429 g/mol. The van der Waals surface area contributed by atoms with Gasteiger partial charge in [0, 0.05) is 13.1 Å². The maximum atomic E-state index is 13.2. The molecule has 1 aliphatic heterocycles. The zero-order chi connectivity index (χ0) is 21.1. The topological polar surface area (TPSA) is 75.7 Å². The molecule has 1 unspecified atom stereocenters. The molecule has 1 heterocycles. The number of nitrogens with zero attached hydrogens (tertiary/aromatic N) is 1. The van der Waals surface area contributed by atoms with E-state index >= 15 is 0 Å². The van der Waals surface area contributed by atoms with Crippen molar-refractivity contribution in [3.8, 4) is 5.75 Å². The number of hydrogen-bond donors (Lipinski definition) is 1. The molecule has 2 aromatic carbocycles. The second-order valence-electron chi connectivity index (χ2n) is 7.94. The summed E-state index contributed by atoms with van der Waals surface area (Å²) >= 11 is 0. The quantitative estimate of drug-likeness (QED) is 0.788. The largest absolute Gasteiger partial charge is 0.496 e. The summed E-state index contributed by atoms with van der Waals surface area (Å²) in [5.74, 6) is 0.0541. The molecule has 1 amide bonds. The molecule has 0 bridgehead atoms. The molecule has 2 aliphatic rings. The number of aryl methyl sites for hydroxylation is 1. The van der Waals surface area contributed by atoms with E-state index in [-0.39, 0.29) is 22.4 Å². The molecule has 2 aromatic rings. The highest BCUT2D eigenvalue weighted by Crippen LogP contribution is 2.31. The number of sulfonamides is 1. The van der Waals surface area contributed by atoms with E-state index in [4.69, 9.17) is 4.74 Å². The van der Waals surface area contributed by atoms with E-state index in [1.807, 2.05) is 18.2 Å². The number of nitrogens with one attached hydrogen (secondary N) is 1. The lowest BCUT2D eigenvalue weighted by Crippen LogP contribution is -2.36. The lowest BCUT2D eigenvalue weighted by Gasteiger charge is -2.27. The molecule has 6 nitrogen and oxygen atoms in total. The molecule has 1 N–H and O–H groups in total. The van der Waals surface area contributed by atoms with Gasteiger partial charge in [-0.3, -0.25) is 4.79 Å². The van der Waals surface area contributed by atoms with Gasteiger partial charge in [0.15, 0.2) is 0 Å². The van der Waals surface area contributed by atoms with Crippen LogP contribution in [0.15, 0.2) is 47.4 Å². The number of hydrogen-bond acceptors (Lipinski definition) is 4. The van der Waals surface area contributed by atoms with E-state index in [0.717, 1.165) is 44.1 Å². The lowest BCUT2D eigenvalue weighted by atomic mass is 9.87. The Morgan fingerprint density at radius 3 is 2.60 bits per heavy atom. The molecule has 160 valence electrons. The van der Waals surface area contributed by atoms with Gasteiger partial charge in [-0.05, 0) is 61.4 Å².